The molecular formula is C12H16ClFN2O. The van der Waals surface area contributed by atoms with Crippen LogP contribution in [0.4, 0.5) is 10.1 Å². The fourth-order valence-electron chi connectivity index (χ4n) is 1.39. The third kappa shape index (κ3) is 5.15. The maximum atomic E-state index is 12.9. The lowest BCUT2D eigenvalue weighted by Crippen LogP contribution is -2.17. The van der Waals surface area contributed by atoms with Gasteiger partial charge in [-0.15, -0.1) is 0 Å². The van der Waals surface area contributed by atoms with Gasteiger partial charge in [0.2, 0.25) is 5.91 Å². The monoisotopic (exact) mass is 258 g/mol. The van der Waals surface area contributed by atoms with Crippen molar-refractivity contribution in [3.63, 3.8) is 0 Å². The molecule has 0 bridgehead atoms. The number of halogens is 2. The molecule has 0 aromatic heterocycles. The van der Waals surface area contributed by atoms with E-state index >= 15 is 0 Å². The highest BCUT2D eigenvalue weighted by Crippen LogP contribution is 2.22. The van der Waals surface area contributed by atoms with Crippen LogP contribution in [0, 0.1) is 5.82 Å². The quantitative estimate of drug-likeness (QED) is 0.853. The van der Waals surface area contributed by atoms with Gasteiger partial charge in [-0.05, 0) is 38.0 Å². The van der Waals surface area contributed by atoms with Gasteiger partial charge in [0.15, 0.2) is 0 Å². The van der Waals surface area contributed by atoms with E-state index in [1.54, 1.807) is 0 Å². The van der Waals surface area contributed by atoms with Gasteiger partial charge in [-0.3, -0.25) is 4.79 Å². The largest absolute Gasteiger partial charge is 0.328 e. The molecule has 1 aromatic rings. The number of nitrogens with one attached hydrogen (secondary N) is 1. The van der Waals surface area contributed by atoms with E-state index in [0.29, 0.717) is 23.6 Å². The Labute approximate surface area is 105 Å². The third-order valence-corrected chi connectivity index (χ3v) is 2.60. The van der Waals surface area contributed by atoms with Crippen LogP contribution < -0.4 is 11.1 Å². The molecule has 0 saturated carbocycles. The second-order valence-electron chi connectivity index (χ2n) is 4.04. The zero-order valence-electron chi connectivity index (χ0n) is 9.67. The predicted molar refractivity (Wildman–Crippen MR) is 67.5 cm³/mol. The smallest absolute Gasteiger partial charge is 0.224 e. The summed E-state index contributed by atoms with van der Waals surface area (Å²) in [7, 11) is 0. The minimum absolute atomic E-state index is 0.0838. The minimum Gasteiger partial charge on any atom is -0.328 e. The van der Waals surface area contributed by atoms with Crippen LogP contribution in [0.5, 0.6) is 0 Å². The summed E-state index contributed by atoms with van der Waals surface area (Å²) in [5, 5.41) is 2.90. The topological polar surface area (TPSA) is 55.1 Å². The molecule has 0 aliphatic carbocycles. The van der Waals surface area contributed by atoms with Gasteiger partial charge in [0.1, 0.15) is 5.82 Å². The molecule has 0 heterocycles. The Hall–Kier alpha value is -1.13. The normalized spacial score (nSPS) is 12.2. The van der Waals surface area contributed by atoms with Crippen molar-refractivity contribution >= 4 is 23.2 Å². The van der Waals surface area contributed by atoms with Crippen LogP contribution in [0.1, 0.15) is 26.2 Å². The lowest BCUT2D eigenvalue weighted by molar-refractivity contribution is -0.116. The van der Waals surface area contributed by atoms with Gasteiger partial charge in [-0.2, -0.15) is 0 Å². The number of nitrogens with two attached hydrogens (primary N) is 1. The Morgan fingerprint density at radius 3 is 2.94 bits per heavy atom. The summed E-state index contributed by atoms with van der Waals surface area (Å²) in [4.78, 5) is 11.5. The highest BCUT2D eigenvalue weighted by molar-refractivity contribution is 6.33. The average Bonchev–Trinajstić information content (AvgIpc) is 2.23. The highest BCUT2D eigenvalue weighted by atomic mass is 35.5. The molecule has 0 fully saturated rings. The average molecular weight is 259 g/mol. The number of carbonyl (C=O) groups is 1. The number of rotatable bonds is 5. The van der Waals surface area contributed by atoms with Crippen molar-refractivity contribution in [2.75, 3.05) is 5.32 Å². The number of carbonyl (C=O) groups excluding carboxylic acids is 1. The van der Waals surface area contributed by atoms with E-state index in [-0.39, 0.29) is 11.9 Å². The standard InChI is InChI=1S/C12H16ClFN2O/c1-8(15)3-2-4-12(17)16-11-7-9(14)5-6-10(11)13/h5-8H,2-4,15H2,1H3,(H,16,17). The third-order valence-electron chi connectivity index (χ3n) is 2.27. The van der Waals surface area contributed by atoms with E-state index in [1.807, 2.05) is 6.92 Å². The van der Waals surface area contributed by atoms with E-state index in [9.17, 15) is 9.18 Å². The van der Waals surface area contributed by atoms with Crippen molar-refractivity contribution in [2.45, 2.75) is 32.2 Å². The first-order valence-corrected chi connectivity index (χ1v) is 5.87. The fraction of sp³-hybridized carbons (Fsp3) is 0.417. The van der Waals surface area contributed by atoms with E-state index < -0.39 is 5.82 Å². The molecule has 1 rings (SSSR count). The van der Waals surface area contributed by atoms with E-state index in [0.717, 1.165) is 6.42 Å². The summed E-state index contributed by atoms with van der Waals surface area (Å²) in [6.45, 7) is 1.89. The van der Waals surface area contributed by atoms with Crippen LogP contribution in [0.15, 0.2) is 18.2 Å². The molecule has 17 heavy (non-hydrogen) atoms. The summed E-state index contributed by atoms with van der Waals surface area (Å²) in [5.74, 6) is -0.613. The molecule has 0 aliphatic rings. The van der Waals surface area contributed by atoms with Gasteiger partial charge < -0.3 is 11.1 Å². The van der Waals surface area contributed by atoms with Gasteiger partial charge in [-0.1, -0.05) is 11.6 Å². The molecule has 1 unspecified atom stereocenters. The summed E-state index contributed by atoms with van der Waals surface area (Å²) in [6.07, 6.45) is 1.84. The second-order valence-corrected chi connectivity index (χ2v) is 4.45. The Kier molecular flexibility index (Phi) is 5.38. The first-order valence-electron chi connectivity index (χ1n) is 5.49. The molecule has 0 radical (unpaired) electrons. The molecule has 3 nitrogen and oxygen atoms in total. The lowest BCUT2D eigenvalue weighted by Gasteiger charge is -2.08. The molecule has 5 heteroatoms. The van der Waals surface area contributed by atoms with Gasteiger partial charge in [0, 0.05) is 12.5 Å². The maximum absolute atomic E-state index is 12.9. The Bertz CT molecular complexity index is 396. The zero-order valence-corrected chi connectivity index (χ0v) is 10.4. The van der Waals surface area contributed by atoms with E-state index in [4.69, 9.17) is 17.3 Å². The van der Waals surface area contributed by atoms with Crippen molar-refractivity contribution in [1.29, 1.82) is 0 Å². The summed E-state index contributed by atoms with van der Waals surface area (Å²) >= 11 is 5.82. The molecular weight excluding hydrogens is 243 g/mol. The number of amides is 1. The molecule has 1 aromatic carbocycles. The number of hydrogen-bond donors (Lipinski definition) is 2. The minimum atomic E-state index is -0.430. The Balaban J connectivity index is 2.47. The van der Waals surface area contributed by atoms with Gasteiger partial charge in [0.25, 0.3) is 0 Å². The van der Waals surface area contributed by atoms with Crippen LogP contribution in [0.3, 0.4) is 0 Å². The van der Waals surface area contributed by atoms with Gasteiger partial charge >= 0.3 is 0 Å². The van der Waals surface area contributed by atoms with Crippen molar-refractivity contribution in [3.8, 4) is 0 Å². The van der Waals surface area contributed by atoms with Crippen LogP contribution in [0.2, 0.25) is 5.02 Å². The van der Waals surface area contributed by atoms with E-state index in [1.165, 1.54) is 18.2 Å². The van der Waals surface area contributed by atoms with Gasteiger partial charge in [0.05, 0.1) is 10.7 Å². The van der Waals surface area contributed by atoms with Crippen molar-refractivity contribution < 1.29 is 9.18 Å². The van der Waals surface area contributed by atoms with Crippen LogP contribution >= 0.6 is 11.6 Å². The van der Waals surface area contributed by atoms with Crippen LogP contribution in [0.25, 0.3) is 0 Å². The number of hydrogen-bond acceptors (Lipinski definition) is 2. The molecule has 1 amide bonds. The molecule has 3 N–H and O–H groups in total. The molecule has 94 valence electrons. The lowest BCUT2D eigenvalue weighted by atomic mass is 10.1. The highest BCUT2D eigenvalue weighted by Gasteiger charge is 2.07. The molecule has 0 spiro atoms. The number of anilines is 1. The summed E-state index contributed by atoms with van der Waals surface area (Å²) in [6, 6.07) is 3.94. The van der Waals surface area contributed by atoms with E-state index in [2.05, 4.69) is 5.32 Å². The fourth-order valence-corrected chi connectivity index (χ4v) is 1.56. The first-order chi connectivity index (χ1) is 7.99. The zero-order chi connectivity index (χ0) is 12.8. The summed E-state index contributed by atoms with van der Waals surface area (Å²) < 4.78 is 12.9. The first kappa shape index (κ1) is 13.9. The number of benzene rings is 1. The molecule has 0 aliphatic heterocycles. The Morgan fingerprint density at radius 1 is 1.59 bits per heavy atom. The van der Waals surface area contributed by atoms with Crippen molar-refractivity contribution in [3.05, 3.63) is 29.0 Å². The van der Waals surface area contributed by atoms with Crippen LogP contribution in [-0.4, -0.2) is 11.9 Å². The van der Waals surface area contributed by atoms with Gasteiger partial charge in [-0.25, -0.2) is 4.39 Å². The summed E-state index contributed by atoms with van der Waals surface area (Å²) in [5.41, 5.74) is 5.88. The SMILES string of the molecule is CC(N)CCCC(=O)Nc1cc(F)ccc1Cl. The maximum Gasteiger partial charge on any atom is 0.224 e. The van der Waals surface area contributed by atoms with Crippen molar-refractivity contribution in [2.24, 2.45) is 5.73 Å². The molecule has 1 atom stereocenters. The van der Waals surface area contributed by atoms with Crippen molar-refractivity contribution in [1.82, 2.24) is 0 Å². The van der Waals surface area contributed by atoms with Crippen LogP contribution in [-0.2, 0) is 4.79 Å². The second kappa shape index (κ2) is 6.57. The predicted octanol–water partition coefficient (Wildman–Crippen LogP) is 2.94. The Morgan fingerprint density at radius 2 is 2.29 bits per heavy atom. The molecule has 0 saturated heterocycles.